The van der Waals surface area contributed by atoms with Crippen LogP contribution in [0.5, 0.6) is 0 Å². The van der Waals surface area contributed by atoms with Crippen molar-refractivity contribution < 1.29 is 28.7 Å². The average molecular weight is 789 g/mol. The molecule has 58 heavy (non-hydrogen) atoms. The molecule has 14 heteroatoms. The van der Waals surface area contributed by atoms with E-state index in [0.29, 0.717) is 11.8 Å². The van der Waals surface area contributed by atoms with Crippen molar-refractivity contribution in [2.24, 2.45) is 23.7 Å². The quantitative estimate of drug-likeness (QED) is 0.117. The van der Waals surface area contributed by atoms with E-state index in [1.54, 1.807) is 0 Å². The van der Waals surface area contributed by atoms with E-state index in [9.17, 15) is 19.2 Å². The number of methoxy groups -OCH3 is 2. The Kier molecular flexibility index (Phi) is 9.55. The van der Waals surface area contributed by atoms with Crippen LogP contribution in [0, 0.1) is 23.7 Å². The molecule has 2 saturated heterocycles. The first kappa shape index (κ1) is 37.9. The Bertz CT molecular complexity index is 2110. The number of imidazole rings is 2. The highest BCUT2D eigenvalue weighted by molar-refractivity contribution is 6.04. The first-order chi connectivity index (χ1) is 27.9. The molecule has 8 atom stereocenters. The number of aromatic nitrogens is 4. The Labute approximate surface area is 337 Å². The van der Waals surface area contributed by atoms with Gasteiger partial charge in [0, 0.05) is 23.2 Å². The zero-order valence-electron chi connectivity index (χ0n) is 33.9. The van der Waals surface area contributed by atoms with Crippen LogP contribution in [0.15, 0.2) is 48.8 Å². The molecule has 4 aromatic rings. The van der Waals surface area contributed by atoms with Crippen LogP contribution >= 0.6 is 0 Å². The van der Waals surface area contributed by atoms with E-state index in [1.807, 2.05) is 49.9 Å². The van der Waals surface area contributed by atoms with Gasteiger partial charge < -0.3 is 39.9 Å². The lowest BCUT2D eigenvalue weighted by Crippen LogP contribution is -2.54. The number of fused-ring (bicyclic) bond motifs is 8. The molecule has 2 saturated carbocycles. The second-order valence-electron chi connectivity index (χ2n) is 17.4. The molecule has 3 aliphatic carbocycles. The van der Waals surface area contributed by atoms with Gasteiger partial charge in [-0.1, -0.05) is 52.0 Å². The molecule has 14 nitrogen and oxygen atoms in total. The number of aromatic amines is 2. The van der Waals surface area contributed by atoms with Crippen molar-refractivity contribution in [1.29, 1.82) is 0 Å². The fourth-order valence-electron chi connectivity index (χ4n) is 10.6. The second-order valence-corrected chi connectivity index (χ2v) is 17.4. The van der Waals surface area contributed by atoms with Gasteiger partial charge in [0.25, 0.3) is 0 Å². The molecular formula is C44H52N8O6. The number of nitrogens with zero attached hydrogens (tertiary/aromatic N) is 4. The lowest BCUT2D eigenvalue weighted by atomic mass is 9.78. The number of hydrogen-bond donors (Lipinski definition) is 4. The Balaban J connectivity index is 0.922. The van der Waals surface area contributed by atoms with Gasteiger partial charge in [-0.15, -0.1) is 0 Å². The largest absolute Gasteiger partial charge is 0.453 e. The summed E-state index contributed by atoms with van der Waals surface area (Å²) in [5.41, 5.74) is 8.51. The summed E-state index contributed by atoms with van der Waals surface area (Å²) in [4.78, 5) is 73.0. The Hall–Kier alpha value is -5.66. The molecule has 2 aliphatic heterocycles. The number of alkyl carbamates (subject to hydrolysis) is 2. The Morgan fingerprint density at radius 1 is 0.638 bits per heavy atom. The number of likely N-dealkylation sites (tertiary alicyclic amines) is 2. The topological polar surface area (TPSA) is 175 Å². The van der Waals surface area contributed by atoms with Crippen LogP contribution in [0.25, 0.3) is 44.8 Å². The standard InChI is InChI=1S/C44H52N8O6/c1-21(2)35(49-43(55)57-5)41(53)51-27-11-7-25(15-27)37(51)39-45-19-33(47-39)23-9-13-29-31(17-23)30-14-10-24(18-32(29)30)34-20-46-40(48-34)38-26-8-12-28(16-26)52(38)42(54)36(22(3)4)50-44(56)58-6/h9-10,13-14,17-22,25-28,35-38H,7-8,11-12,15-16H2,1-6H3,(H,45,47)(H,46,48)(H,49,55)(H,50,56)/t25-,26-,27-,28-,35-,36-,37-,38-/m0/s1. The molecule has 2 aromatic carbocycles. The fraction of sp³-hybridized carbons (Fsp3) is 0.500. The van der Waals surface area contributed by atoms with Crippen molar-refractivity contribution in [3.8, 4) is 44.8 Å². The van der Waals surface area contributed by atoms with E-state index in [1.165, 1.54) is 36.5 Å². The van der Waals surface area contributed by atoms with E-state index in [-0.39, 0.29) is 47.8 Å². The molecule has 4 fully saturated rings. The maximum Gasteiger partial charge on any atom is 0.407 e. The van der Waals surface area contributed by atoms with Crippen molar-refractivity contribution in [1.82, 2.24) is 40.4 Å². The number of rotatable bonds is 10. The number of benzene rings is 2. The molecule has 4 N–H and O–H groups in total. The van der Waals surface area contributed by atoms with Crippen LogP contribution in [0.3, 0.4) is 0 Å². The minimum Gasteiger partial charge on any atom is -0.453 e. The lowest BCUT2D eigenvalue weighted by Gasteiger charge is -2.37. The maximum atomic E-state index is 14.0. The molecule has 4 amide bonds. The van der Waals surface area contributed by atoms with E-state index in [0.717, 1.165) is 72.7 Å². The highest BCUT2D eigenvalue weighted by Gasteiger charge is 2.53. The van der Waals surface area contributed by atoms with Crippen molar-refractivity contribution >= 4 is 24.0 Å². The van der Waals surface area contributed by atoms with Gasteiger partial charge in [0.2, 0.25) is 11.8 Å². The molecule has 304 valence electrons. The van der Waals surface area contributed by atoms with Crippen LogP contribution < -0.4 is 10.6 Å². The predicted octanol–water partition coefficient (Wildman–Crippen LogP) is 6.98. The summed E-state index contributed by atoms with van der Waals surface area (Å²) in [7, 11) is 2.62. The number of H-pyrrole nitrogens is 2. The summed E-state index contributed by atoms with van der Waals surface area (Å²) in [5, 5.41) is 5.53. The van der Waals surface area contributed by atoms with Crippen LogP contribution in [0.2, 0.25) is 0 Å². The number of nitrogens with one attached hydrogen (secondary N) is 4. The highest BCUT2D eigenvalue weighted by Crippen LogP contribution is 2.53. The SMILES string of the molecule is COC(=O)N[C@H](C(=O)N1[C@H]2CC[C@@H](C2)[C@H]1c1ncc(-c2ccc3c(c2)-c2ccc(-c4cnc([C@@H]5[C@H]6CC[C@@H](C6)N5C(=O)[C@@H](NC(=O)OC)C(C)C)[nH]4)cc2-3)[nH]1)C(C)C. The van der Waals surface area contributed by atoms with Crippen LogP contribution in [-0.2, 0) is 19.1 Å². The number of carbonyl (C=O) groups excluding carboxylic acids is 4. The molecule has 9 rings (SSSR count). The maximum absolute atomic E-state index is 14.0. The zero-order valence-corrected chi connectivity index (χ0v) is 33.9. The van der Waals surface area contributed by atoms with Crippen molar-refractivity contribution in [3.63, 3.8) is 0 Å². The smallest absolute Gasteiger partial charge is 0.407 e. The summed E-state index contributed by atoms with van der Waals surface area (Å²) in [5.74, 6) is 1.78. The first-order valence-electron chi connectivity index (χ1n) is 20.7. The van der Waals surface area contributed by atoms with Crippen molar-refractivity contribution in [2.45, 2.75) is 102 Å². The van der Waals surface area contributed by atoms with E-state index >= 15 is 0 Å². The van der Waals surface area contributed by atoms with Gasteiger partial charge in [-0.25, -0.2) is 19.6 Å². The molecule has 0 spiro atoms. The van der Waals surface area contributed by atoms with Gasteiger partial charge in [0.05, 0.1) is 50.1 Å². The van der Waals surface area contributed by atoms with Gasteiger partial charge in [0.1, 0.15) is 23.7 Å². The first-order valence-corrected chi connectivity index (χ1v) is 20.7. The van der Waals surface area contributed by atoms with Crippen LogP contribution in [-0.4, -0.2) is 92.1 Å². The second kappa shape index (κ2) is 14.6. The van der Waals surface area contributed by atoms with Crippen LogP contribution in [0.4, 0.5) is 9.59 Å². The number of ether oxygens (including phenoxy) is 2. The van der Waals surface area contributed by atoms with Gasteiger partial charge in [-0.2, -0.15) is 0 Å². The lowest BCUT2D eigenvalue weighted by molar-refractivity contribution is -0.140. The Morgan fingerprint density at radius 3 is 1.43 bits per heavy atom. The zero-order chi connectivity index (χ0) is 40.6. The van der Waals surface area contributed by atoms with Crippen molar-refractivity contribution in [2.75, 3.05) is 14.2 Å². The van der Waals surface area contributed by atoms with Crippen molar-refractivity contribution in [3.05, 3.63) is 60.4 Å². The van der Waals surface area contributed by atoms with Gasteiger partial charge in [-0.3, -0.25) is 9.59 Å². The summed E-state index contributed by atoms with van der Waals surface area (Å²) < 4.78 is 9.67. The molecule has 4 bridgehead atoms. The van der Waals surface area contributed by atoms with Gasteiger partial charge in [-0.05, 0) is 96.6 Å². The number of amides is 4. The summed E-state index contributed by atoms with van der Waals surface area (Å²) in [6, 6.07) is 11.4. The predicted molar refractivity (Wildman–Crippen MR) is 216 cm³/mol. The minimum atomic E-state index is -0.683. The third kappa shape index (κ3) is 6.22. The van der Waals surface area contributed by atoms with Crippen LogP contribution in [0.1, 0.15) is 90.0 Å². The summed E-state index contributed by atoms with van der Waals surface area (Å²) in [6.07, 6.45) is 8.35. The van der Waals surface area contributed by atoms with Gasteiger partial charge in [0.15, 0.2) is 0 Å². The third-order valence-electron chi connectivity index (χ3n) is 13.5. The normalized spacial score (nSPS) is 24.7. The molecule has 2 aromatic heterocycles. The average Bonchev–Trinajstić information content (AvgIpc) is 4.09. The third-order valence-corrected chi connectivity index (χ3v) is 13.5. The van der Waals surface area contributed by atoms with E-state index in [4.69, 9.17) is 19.4 Å². The molecule has 0 unspecified atom stereocenters. The monoisotopic (exact) mass is 788 g/mol. The minimum absolute atomic E-state index is 0.0914. The summed E-state index contributed by atoms with van der Waals surface area (Å²) >= 11 is 0. The number of carbonyl (C=O) groups is 4. The molecule has 4 heterocycles. The Morgan fingerprint density at radius 2 is 1.05 bits per heavy atom. The molecule has 5 aliphatic rings. The fourth-order valence-corrected chi connectivity index (χ4v) is 10.6. The molecule has 0 radical (unpaired) electrons. The van der Waals surface area contributed by atoms with Gasteiger partial charge >= 0.3 is 12.2 Å². The van der Waals surface area contributed by atoms with E-state index in [2.05, 4.69) is 57.0 Å². The van der Waals surface area contributed by atoms with E-state index < -0.39 is 24.3 Å². The number of piperidine rings is 2. The summed E-state index contributed by atoms with van der Waals surface area (Å²) in [6.45, 7) is 7.72. The number of hydrogen-bond acceptors (Lipinski definition) is 8. The highest BCUT2D eigenvalue weighted by atomic mass is 16.5. The molecular weight excluding hydrogens is 737 g/mol.